The van der Waals surface area contributed by atoms with Gasteiger partial charge >= 0.3 is 0 Å². The third-order valence-electron chi connectivity index (χ3n) is 3.07. The molecule has 98 valence electrons. The van der Waals surface area contributed by atoms with E-state index in [1.165, 1.54) is 10.9 Å². The molecule has 0 aliphatic heterocycles. The maximum atomic E-state index is 4.50. The van der Waals surface area contributed by atoms with Gasteiger partial charge in [0.25, 0.3) is 0 Å². The number of aromatic nitrogens is 3. The van der Waals surface area contributed by atoms with Crippen LogP contribution in [-0.4, -0.2) is 21.1 Å². The number of nitrogens with one attached hydrogen (secondary N) is 1. The lowest BCUT2D eigenvalue weighted by Crippen LogP contribution is -2.11. The largest absolute Gasteiger partial charge is 0.325 e. The van der Waals surface area contributed by atoms with E-state index in [0.717, 1.165) is 30.3 Å². The van der Waals surface area contributed by atoms with Gasteiger partial charge in [-0.05, 0) is 24.2 Å². The van der Waals surface area contributed by atoms with E-state index in [0.29, 0.717) is 0 Å². The molecule has 0 saturated carbocycles. The minimum Gasteiger partial charge on any atom is -0.325 e. The van der Waals surface area contributed by atoms with Crippen LogP contribution >= 0.6 is 11.3 Å². The van der Waals surface area contributed by atoms with Crippen molar-refractivity contribution in [2.45, 2.75) is 20.0 Å². The van der Waals surface area contributed by atoms with Gasteiger partial charge in [0.15, 0.2) is 0 Å². The van der Waals surface area contributed by atoms with Gasteiger partial charge in [0.05, 0.1) is 6.54 Å². The van der Waals surface area contributed by atoms with Crippen LogP contribution in [0.25, 0.3) is 11.0 Å². The van der Waals surface area contributed by atoms with E-state index >= 15 is 0 Å². The molecule has 0 aromatic carbocycles. The molecule has 0 atom stereocenters. The summed E-state index contributed by atoms with van der Waals surface area (Å²) in [6.45, 7) is 4.76. The van der Waals surface area contributed by atoms with Crippen molar-refractivity contribution >= 4 is 22.4 Å². The molecule has 0 saturated heterocycles. The first-order chi connectivity index (χ1) is 9.38. The van der Waals surface area contributed by atoms with E-state index in [9.17, 15) is 0 Å². The molecule has 3 aromatic heterocycles. The van der Waals surface area contributed by atoms with Crippen LogP contribution in [0.3, 0.4) is 0 Å². The number of rotatable bonds is 5. The molecular weight excluding hydrogens is 256 g/mol. The van der Waals surface area contributed by atoms with Crippen LogP contribution < -0.4 is 5.32 Å². The molecule has 0 aliphatic rings. The van der Waals surface area contributed by atoms with Crippen LogP contribution in [-0.2, 0) is 13.1 Å². The molecular formula is C14H16N4S. The van der Waals surface area contributed by atoms with E-state index in [4.69, 9.17) is 0 Å². The van der Waals surface area contributed by atoms with Crippen molar-refractivity contribution < 1.29 is 0 Å². The van der Waals surface area contributed by atoms with E-state index in [1.54, 1.807) is 11.3 Å². The van der Waals surface area contributed by atoms with Gasteiger partial charge in [-0.1, -0.05) is 6.92 Å². The van der Waals surface area contributed by atoms with E-state index < -0.39 is 0 Å². The van der Waals surface area contributed by atoms with Gasteiger partial charge in [0, 0.05) is 35.9 Å². The Balaban J connectivity index is 1.99. The normalized spacial score (nSPS) is 11.2. The van der Waals surface area contributed by atoms with Gasteiger partial charge in [-0.3, -0.25) is 0 Å². The zero-order valence-electron chi connectivity index (χ0n) is 10.8. The van der Waals surface area contributed by atoms with Crippen LogP contribution in [0.15, 0.2) is 36.1 Å². The fraction of sp³-hybridized carbons (Fsp3) is 0.286. The summed E-state index contributed by atoms with van der Waals surface area (Å²) in [5, 5.41) is 7.71. The second-order valence-electron chi connectivity index (χ2n) is 4.36. The van der Waals surface area contributed by atoms with Crippen molar-refractivity contribution in [2.75, 3.05) is 6.54 Å². The quantitative estimate of drug-likeness (QED) is 0.776. The van der Waals surface area contributed by atoms with Crippen molar-refractivity contribution in [3.8, 4) is 0 Å². The van der Waals surface area contributed by atoms with Gasteiger partial charge in [-0.15, -0.1) is 11.3 Å². The summed E-state index contributed by atoms with van der Waals surface area (Å²) in [5.41, 5.74) is 2.33. The number of nitrogens with zero attached hydrogens (tertiary/aromatic N) is 3. The lowest BCUT2D eigenvalue weighted by molar-refractivity contribution is 0.723. The lowest BCUT2D eigenvalue weighted by Gasteiger charge is -2.00. The number of pyridine rings is 1. The Morgan fingerprint density at radius 3 is 3.05 bits per heavy atom. The molecule has 0 amide bonds. The summed E-state index contributed by atoms with van der Waals surface area (Å²) in [6.07, 6.45) is 5.87. The zero-order chi connectivity index (χ0) is 13.1. The molecule has 3 heterocycles. The van der Waals surface area contributed by atoms with Crippen molar-refractivity contribution in [3.05, 3.63) is 46.7 Å². The monoisotopic (exact) mass is 272 g/mol. The number of hydrogen-bond donors (Lipinski definition) is 1. The molecule has 0 aliphatic carbocycles. The average Bonchev–Trinajstić information content (AvgIpc) is 3.06. The Morgan fingerprint density at radius 2 is 2.26 bits per heavy atom. The molecule has 0 spiro atoms. The van der Waals surface area contributed by atoms with E-state index in [1.807, 2.05) is 23.8 Å². The summed E-state index contributed by atoms with van der Waals surface area (Å²) < 4.78 is 2.18. The highest BCUT2D eigenvalue weighted by molar-refractivity contribution is 7.09. The first-order valence-corrected chi connectivity index (χ1v) is 7.28. The maximum Gasteiger partial charge on any atom is 0.140 e. The highest BCUT2D eigenvalue weighted by Crippen LogP contribution is 2.20. The summed E-state index contributed by atoms with van der Waals surface area (Å²) in [7, 11) is 0. The first kappa shape index (κ1) is 12.3. The van der Waals surface area contributed by atoms with Crippen LogP contribution in [0.5, 0.6) is 0 Å². The molecule has 0 fully saturated rings. The van der Waals surface area contributed by atoms with Gasteiger partial charge in [-0.2, -0.15) is 0 Å². The second-order valence-corrected chi connectivity index (χ2v) is 5.34. The summed E-state index contributed by atoms with van der Waals surface area (Å²) >= 11 is 1.68. The molecule has 4 nitrogen and oxygen atoms in total. The van der Waals surface area contributed by atoms with E-state index in [2.05, 4.69) is 39.0 Å². The molecule has 3 aromatic rings. The standard InChI is InChI=1S/C14H16N4S/c1-2-15-8-11-9-18(10-13-16-6-7-19-13)14-12(11)4-3-5-17-14/h3-7,9,15H,2,8,10H2,1H3. The fourth-order valence-electron chi connectivity index (χ4n) is 2.19. The van der Waals surface area contributed by atoms with Crippen molar-refractivity contribution in [3.63, 3.8) is 0 Å². The summed E-state index contributed by atoms with van der Waals surface area (Å²) in [6, 6.07) is 4.12. The molecule has 0 unspecified atom stereocenters. The van der Waals surface area contributed by atoms with Crippen molar-refractivity contribution in [1.29, 1.82) is 0 Å². The molecule has 1 N–H and O–H groups in total. The van der Waals surface area contributed by atoms with Crippen molar-refractivity contribution in [1.82, 2.24) is 19.9 Å². The molecule has 5 heteroatoms. The second kappa shape index (κ2) is 5.50. The maximum absolute atomic E-state index is 4.50. The molecule has 19 heavy (non-hydrogen) atoms. The SMILES string of the molecule is CCNCc1cn(Cc2nccs2)c2ncccc12. The van der Waals surface area contributed by atoms with Gasteiger partial charge in [-0.25, -0.2) is 9.97 Å². The van der Waals surface area contributed by atoms with Crippen LogP contribution in [0, 0.1) is 0 Å². The third kappa shape index (κ3) is 2.52. The number of fused-ring (bicyclic) bond motifs is 1. The predicted molar refractivity (Wildman–Crippen MR) is 78.3 cm³/mol. The van der Waals surface area contributed by atoms with Gasteiger partial charge < -0.3 is 9.88 Å². The molecule has 3 rings (SSSR count). The molecule has 0 bridgehead atoms. The first-order valence-electron chi connectivity index (χ1n) is 6.40. The topological polar surface area (TPSA) is 42.7 Å². The zero-order valence-corrected chi connectivity index (χ0v) is 11.7. The van der Waals surface area contributed by atoms with Crippen molar-refractivity contribution in [2.24, 2.45) is 0 Å². The minimum atomic E-state index is 0.789. The Morgan fingerprint density at radius 1 is 1.32 bits per heavy atom. The van der Waals surface area contributed by atoms with E-state index in [-0.39, 0.29) is 0 Å². The Kier molecular flexibility index (Phi) is 3.57. The van der Waals surface area contributed by atoms with Crippen LogP contribution in [0.2, 0.25) is 0 Å². The fourth-order valence-corrected chi connectivity index (χ4v) is 2.81. The summed E-state index contributed by atoms with van der Waals surface area (Å²) in [4.78, 5) is 8.85. The Hall–Kier alpha value is -1.72. The Bertz CT molecular complexity index is 657. The third-order valence-corrected chi connectivity index (χ3v) is 3.84. The predicted octanol–water partition coefficient (Wildman–Crippen LogP) is 2.65. The Labute approximate surface area is 116 Å². The van der Waals surface area contributed by atoms with Gasteiger partial charge in [0.2, 0.25) is 0 Å². The van der Waals surface area contributed by atoms with Crippen LogP contribution in [0.4, 0.5) is 0 Å². The molecule has 0 radical (unpaired) electrons. The number of thiazole rings is 1. The lowest BCUT2D eigenvalue weighted by atomic mass is 10.2. The average molecular weight is 272 g/mol. The highest BCUT2D eigenvalue weighted by Gasteiger charge is 2.09. The van der Waals surface area contributed by atoms with Gasteiger partial charge in [0.1, 0.15) is 10.7 Å². The highest BCUT2D eigenvalue weighted by atomic mass is 32.1. The van der Waals surface area contributed by atoms with Crippen LogP contribution in [0.1, 0.15) is 17.5 Å². The number of hydrogen-bond acceptors (Lipinski definition) is 4. The minimum absolute atomic E-state index is 0.789. The smallest absolute Gasteiger partial charge is 0.140 e. The summed E-state index contributed by atoms with van der Waals surface area (Å²) in [5.74, 6) is 0.